The average molecular weight is 295 g/mol. The van der Waals surface area contributed by atoms with E-state index in [1.165, 1.54) is 4.68 Å². The van der Waals surface area contributed by atoms with Crippen molar-refractivity contribution in [2.24, 2.45) is 7.05 Å². The van der Waals surface area contributed by atoms with Crippen molar-refractivity contribution in [3.05, 3.63) is 47.3 Å². The van der Waals surface area contributed by atoms with Crippen LogP contribution in [0.1, 0.15) is 17.0 Å². The molecule has 1 aromatic heterocycles. The molecule has 2 rings (SSSR count). The summed E-state index contributed by atoms with van der Waals surface area (Å²) in [5, 5.41) is 4.09. The lowest BCUT2D eigenvalue weighted by Gasteiger charge is -2.07. The van der Waals surface area contributed by atoms with Gasteiger partial charge in [0, 0.05) is 7.05 Å². The molecule has 2 aromatic rings. The van der Waals surface area contributed by atoms with E-state index in [1.807, 2.05) is 30.3 Å². The minimum atomic E-state index is -3.73. The zero-order chi connectivity index (χ0) is 14.8. The quantitative estimate of drug-likeness (QED) is 0.847. The summed E-state index contributed by atoms with van der Waals surface area (Å²) in [4.78, 5) is 7.38. The Morgan fingerprint density at radius 2 is 1.90 bits per heavy atom. The van der Waals surface area contributed by atoms with Crippen molar-refractivity contribution in [3.8, 4) is 0 Å². The highest BCUT2D eigenvalue weighted by molar-refractivity contribution is 7.89. The summed E-state index contributed by atoms with van der Waals surface area (Å²) in [6, 6.07) is 9.32. The Morgan fingerprint density at radius 1 is 1.25 bits per heavy atom. The highest BCUT2D eigenvalue weighted by Crippen LogP contribution is 2.18. The summed E-state index contributed by atoms with van der Waals surface area (Å²) >= 11 is 0. The van der Waals surface area contributed by atoms with Crippen LogP contribution in [0.25, 0.3) is 0 Å². The first kappa shape index (κ1) is 14.7. The van der Waals surface area contributed by atoms with Gasteiger partial charge in [0.1, 0.15) is 4.90 Å². The SMILES string of the molecule is Cc1nn(C)c(C)c1S(=O)(=O)NOCc1ccccc1. The van der Waals surface area contributed by atoms with Crippen LogP contribution < -0.4 is 4.89 Å². The Labute approximate surface area is 118 Å². The standard InChI is InChI=1S/C13H17N3O3S/c1-10-13(11(2)16(3)14-10)20(17,18)15-19-9-12-7-5-4-6-8-12/h4-8,15H,9H2,1-3H3. The van der Waals surface area contributed by atoms with Gasteiger partial charge in [-0.1, -0.05) is 35.2 Å². The van der Waals surface area contributed by atoms with Gasteiger partial charge in [-0.25, -0.2) is 8.42 Å². The highest BCUT2D eigenvalue weighted by Gasteiger charge is 2.23. The fraction of sp³-hybridized carbons (Fsp3) is 0.308. The Hall–Kier alpha value is -1.70. The summed E-state index contributed by atoms with van der Waals surface area (Å²) in [6.07, 6.45) is 0. The third-order valence-electron chi connectivity index (χ3n) is 2.96. The molecule has 0 bridgehead atoms. The Bertz CT molecular complexity index is 693. The molecule has 1 heterocycles. The van der Waals surface area contributed by atoms with Gasteiger partial charge in [-0.05, 0) is 19.4 Å². The minimum Gasteiger partial charge on any atom is -0.282 e. The minimum absolute atomic E-state index is 0.160. The number of rotatable bonds is 5. The van der Waals surface area contributed by atoms with Crippen LogP contribution in [0, 0.1) is 13.8 Å². The first-order valence-electron chi connectivity index (χ1n) is 6.09. The summed E-state index contributed by atoms with van der Waals surface area (Å²) in [5.41, 5.74) is 1.90. The van der Waals surface area contributed by atoms with Gasteiger partial charge in [0.15, 0.2) is 0 Å². The van der Waals surface area contributed by atoms with Crippen LogP contribution in [0.4, 0.5) is 0 Å². The first-order valence-corrected chi connectivity index (χ1v) is 7.58. The van der Waals surface area contributed by atoms with Crippen LogP contribution in [-0.2, 0) is 28.5 Å². The normalized spacial score (nSPS) is 11.8. The number of sulfonamides is 1. The smallest absolute Gasteiger partial charge is 0.266 e. The Kier molecular flexibility index (Phi) is 4.22. The second-order valence-electron chi connectivity index (χ2n) is 4.48. The van der Waals surface area contributed by atoms with Crippen molar-refractivity contribution in [2.75, 3.05) is 0 Å². The number of aryl methyl sites for hydroxylation is 2. The van der Waals surface area contributed by atoms with E-state index < -0.39 is 10.0 Å². The second kappa shape index (κ2) is 5.74. The second-order valence-corrected chi connectivity index (χ2v) is 6.07. The molecule has 0 aliphatic heterocycles. The molecule has 1 aromatic carbocycles. The predicted molar refractivity (Wildman–Crippen MR) is 74.2 cm³/mol. The van der Waals surface area contributed by atoms with Crippen LogP contribution in [-0.4, -0.2) is 18.2 Å². The van der Waals surface area contributed by atoms with E-state index in [0.717, 1.165) is 5.56 Å². The Morgan fingerprint density at radius 3 is 2.45 bits per heavy atom. The van der Waals surface area contributed by atoms with Crippen molar-refractivity contribution in [3.63, 3.8) is 0 Å². The van der Waals surface area contributed by atoms with Crippen molar-refractivity contribution in [2.45, 2.75) is 25.3 Å². The number of hydrogen-bond donors (Lipinski definition) is 1. The molecule has 0 saturated heterocycles. The van der Waals surface area contributed by atoms with Gasteiger partial charge < -0.3 is 0 Å². The topological polar surface area (TPSA) is 73.2 Å². The third kappa shape index (κ3) is 3.06. The van der Waals surface area contributed by atoms with Gasteiger partial charge in [-0.2, -0.15) is 5.10 Å². The molecule has 0 saturated carbocycles. The molecular weight excluding hydrogens is 278 g/mol. The Balaban J connectivity index is 2.08. The highest BCUT2D eigenvalue weighted by atomic mass is 32.2. The average Bonchev–Trinajstić information content (AvgIpc) is 2.64. The number of nitrogens with one attached hydrogen (secondary N) is 1. The molecule has 0 spiro atoms. The van der Waals surface area contributed by atoms with Crippen molar-refractivity contribution >= 4 is 10.0 Å². The van der Waals surface area contributed by atoms with Crippen LogP contribution in [0.5, 0.6) is 0 Å². The van der Waals surface area contributed by atoms with E-state index in [-0.39, 0.29) is 11.5 Å². The molecule has 6 nitrogen and oxygen atoms in total. The van der Waals surface area contributed by atoms with Crippen molar-refractivity contribution < 1.29 is 13.3 Å². The lowest BCUT2D eigenvalue weighted by atomic mass is 10.2. The van der Waals surface area contributed by atoms with Crippen molar-refractivity contribution in [1.29, 1.82) is 0 Å². The molecular formula is C13H17N3O3S. The maximum atomic E-state index is 12.2. The molecule has 7 heteroatoms. The van der Waals surface area contributed by atoms with E-state index in [4.69, 9.17) is 4.84 Å². The molecule has 108 valence electrons. The summed E-state index contributed by atoms with van der Waals surface area (Å²) < 4.78 is 25.9. The fourth-order valence-corrected chi connectivity index (χ4v) is 3.20. The van der Waals surface area contributed by atoms with Crippen LogP contribution in [0.3, 0.4) is 0 Å². The summed E-state index contributed by atoms with van der Waals surface area (Å²) in [7, 11) is -2.03. The van der Waals surface area contributed by atoms with E-state index in [0.29, 0.717) is 11.4 Å². The maximum absolute atomic E-state index is 12.2. The number of hydrogen-bond acceptors (Lipinski definition) is 4. The molecule has 0 radical (unpaired) electrons. The predicted octanol–water partition coefficient (Wildman–Crippen LogP) is 1.45. The van der Waals surface area contributed by atoms with Crippen LogP contribution in [0.2, 0.25) is 0 Å². The van der Waals surface area contributed by atoms with Gasteiger partial charge in [0.2, 0.25) is 0 Å². The van der Waals surface area contributed by atoms with E-state index in [2.05, 4.69) is 9.98 Å². The van der Waals surface area contributed by atoms with Gasteiger partial charge in [-0.3, -0.25) is 9.52 Å². The van der Waals surface area contributed by atoms with Crippen LogP contribution in [0.15, 0.2) is 35.2 Å². The van der Waals surface area contributed by atoms with E-state index in [1.54, 1.807) is 20.9 Å². The number of benzene rings is 1. The van der Waals surface area contributed by atoms with Crippen molar-refractivity contribution in [1.82, 2.24) is 14.7 Å². The zero-order valence-electron chi connectivity index (χ0n) is 11.6. The monoisotopic (exact) mass is 295 g/mol. The van der Waals surface area contributed by atoms with E-state index in [9.17, 15) is 8.42 Å². The summed E-state index contributed by atoms with van der Waals surface area (Å²) in [6.45, 7) is 3.52. The largest absolute Gasteiger partial charge is 0.282 e. The summed E-state index contributed by atoms with van der Waals surface area (Å²) in [5.74, 6) is 0. The van der Waals surface area contributed by atoms with Gasteiger partial charge in [0.25, 0.3) is 10.0 Å². The lowest BCUT2D eigenvalue weighted by Crippen LogP contribution is -2.25. The molecule has 0 atom stereocenters. The maximum Gasteiger partial charge on any atom is 0.266 e. The van der Waals surface area contributed by atoms with E-state index >= 15 is 0 Å². The number of nitrogens with zero attached hydrogens (tertiary/aromatic N) is 2. The fourth-order valence-electron chi connectivity index (χ4n) is 1.95. The molecule has 1 N–H and O–H groups in total. The molecule has 0 amide bonds. The van der Waals surface area contributed by atoms with Gasteiger partial charge in [0.05, 0.1) is 18.0 Å². The molecule has 0 aliphatic rings. The molecule has 20 heavy (non-hydrogen) atoms. The lowest BCUT2D eigenvalue weighted by molar-refractivity contribution is 0.0795. The third-order valence-corrected chi connectivity index (χ3v) is 4.43. The number of aromatic nitrogens is 2. The van der Waals surface area contributed by atoms with Gasteiger partial charge >= 0.3 is 0 Å². The van der Waals surface area contributed by atoms with Crippen LogP contribution >= 0.6 is 0 Å². The molecule has 0 fully saturated rings. The van der Waals surface area contributed by atoms with Gasteiger partial charge in [-0.15, -0.1) is 0 Å². The zero-order valence-corrected chi connectivity index (χ0v) is 12.4. The molecule has 0 unspecified atom stereocenters. The first-order chi connectivity index (χ1) is 9.42. The molecule has 0 aliphatic carbocycles.